The number of carbonyl (C=O) groups excluding carboxylic acids is 1. The van der Waals surface area contributed by atoms with Crippen LogP contribution in [-0.4, -0.2) is 31.7 Å². The molecular formula is C10H16N4O3. The Kier molecular flexibility index (Phi) is 4.19. The first-order valence-corrected chi connectivity index (χ1v) is 5.27. The summed E-state index contributed by atoms with van der Waals surface area (Å²) in [5, 5.41) is 15.4. The highest BCUT2D eigenvalue weighted by atomic mass is 16.4. The van der Waals surface area contributed by atoms with Gasteiger partial charge in [0.15, 0.2) is 5.82 Å². The van der Waals surface area contributed by atoms with Gasteiger partial charge in [-0.05, 0) is 0 Å². The monoisotopic (exact) mass is 240 g/mol. The lowest BCUT2D eigenvalue weighted by Gasteiger charge is -2.14. The minimum Gasteiger partial charge on any atom is -0.481 e. The van der Waals surface area contributed by atoms with E-state index < -0.39 is 17.8 Å². The van der Waals surface area contributed by atoms with E-state index in [0.717, 1.165) is 0 Å². The summed E-state index contributed by atoms with van der Waals surface area (Å²) in [5.74, 6) is -2.10. The van der Waals surface area contributed by atoms with Crippen molar-refractivity contribution in [1.29, 1.82) is 0 Å². The van der Waals surface area contributed by atoms with Crippen molar-refractivity contribution in [2.45, 2.75) is 20.4 Å². The van der Waals surface area contributed by atoms with Crippen molar-refractivity contribution >= 4 is 11.9 Å². The molecule has 0 aliphatic rings. The maximum Gasteiger partial charge on any atom is 0.307 e. The van der Waals surface area contributed by atoms with Gasteiger partial charge in [0.2, 0.25) is 5.91 Å². The summed E-state index contributed by atoms with van der Waals surface area (Å²) in [4.78, 5) is 26.3. The normalized spacial score (nSPS) is 14.1. The van der Waals surface area contributed by atoms with E-state index in [1.807, 2.05) is 0 Å². The molecule has 0 aromatic carbocycles. The highest BCUT2D eigenvalue weighted by molar-refractivity contribution is 5.84. The molecule has 2 N–H and O–H groups in total. The smallest absolute Gasteiger partial charge is 0.307 e. The zero-order valence-electron chi connectivity index (χ0n) is 10.0. The van der Waals surface area contributed by atoms with Crippen LogP contribution in [0.4, 0.5) is 0 Å². The van der Waals surface area contributed by atoms with Crippen molar-refractivity contribution in [2.24, 2.45) is 18.9 Å². The number of carboxylic acid groups (broad SMARTS) is 1. The average Bonchev–Trinajstić information content (AvgIpc) is 2.69. The summed E-state index contributed by atoms with van der Waals surface area (Å²) in [6, 6.07) is 0. The van der Waals surface area contributed by atoms with Crippen molar-refractivity contribution in [2.75, 3.05) is 0 Å². The Labute approximate surface area is 98.8 Å². The van der Waals surface area contributed by atoms with Crippen LogP contribution in [0.25, 0.3) is 0 Å². The fourth-order valence-corrected chi connectivity index (χ4v) is 1.23. The molecule has 2 atom stereocenters. The van der Waals surface area contributed by atoms with Crippen LogP contribution in [0, 0.1) is 11.8 Å². The molecule has 17 heavy (non-hydrogen) atoms. The lowest BCUT2D eigenvalue weighted by Crippen LogP contribution is -2.35. The third-order valence-corrected chi connectivity index (χ3v) is 2.62. The number of nitrogens with one attached hydrogen (secondary N) is 1. The third-order valence-electron chi connectivity index (χ3n) is 2.62. The Morgan fingerprint density at radius 3 is 2.59 bits per heavy atom. The molecule has 0 aliphatic heterocycles. The first-order chi connectivity index (χ1) is 7.91. The maximum absolute atomic E-state index is 11.6. The van der Waals surface area contributed by atoms with Gasteiger partial charge >= 0.3 is 5.97 Å². The van der Waals surface area contributed by atoms with E-state index in [9.17, 15) is 9.59 Å². The van der Waals surface area contributed by atoms with Crippen molar-refractivity contribution in [3.8, 4) is 0 Å². The minimum absolute atomic E-state index is 0.205. The van der Waals surface area contributed by atoms with Crippen LogP contribution >= 0.6 is 0 Å². The molecule has 1 aromatic rings. The van der Waals surface area contributed by atoms with E-state index >= 15 is 0 Å². The van der Waals surface area contributed by atoms with Gasteiger partial charge in [0.25, 0.3) is 0 Å². The van der Waals surface area contributed by atoms with E-state index in [1.54, 1.807) is 14.0 Å². The minimum atomic E-state index is -0.983. The number of aryl methyl sites for hydroxylation is 1. The van der Waals surface area contributed by atoms with Crippen LogP contribution < -0.4 is 5.32 Å². The largest absolute Gasteiger partial charge is 0.481 e. The molecule has 1 rings (SSSR count). The zero-order valence-corrected chi connectivity index (χ0v) is 10.0. The SMILES string of the molecule is CC(C(=O)O)C(C)C(=O)NCc1ncn(C)n1. The molecule has 1 aromatic heterocycles. The van der Waals surface area contributed by atoms with Crippen LogP contribution in [-0.2, 0) is 23.2 Å². The number of rotatable bonds is 5. The fourth-order valence-electron chi connectivity index (χ4n) is 1.23. The van der Waals surface area contributed by atoms with Gasteiger partial charge in [-0.15, -0.1) is 0 Å². The summed E-state index contributed by atoms with van der Waals surface area (Å²) in [7, 11) is 1.73. The number of carboxylic acids is 1. The van der Waals surface area contributed by atoms with Crippen molar-refractivity contribution in [3.63, 3.8) is 0 Å². The lowest BCUT2D eigenvalue weighted by atomic mass is 9.95. The second kappa shape index (κ2) is 5.42. The lowest BCUT2D eigenvalue weighted by molar-refractivity contribution is -0.146. The molecular weight excluding hydrogens is 224 g/mol. The second-order valence-corrected chi connectivity index (χ2v) is 3.97. The zero-order chi connectivity index (χ0) is 13.0. The number of hydrogen-bond acceptors (Lipinski definition) is 4. The Morgan fingerprint density at radius 1 is 1.47 bits per heavy atom. The molecule has 1 heterocycles. The molecule has 0 saturated heterocycles. The van der Waals surface area contributed by atoms with E-state index in [-0.39, 0.29) is 12.5 Å². The van der Waals surface area contributed by atoms with Gasteiger partial charge in [-0.25, -0.2) is 4.98 Å². The number of nitrogens with zero attached hydrogens (tertiary/aromatic N) is 3. The molecule has 7 heteroatoms. The van der Waals surface area contributed by atoms with Gasteiger partial charge in [0.1, 0.15) is 6.33 Å². The van der Waals surface area contributed by atoms with Crippen LogP contribution in [0.5, 0.6) is 0 Å². The Morgan fingerprint density at radius 2 is 2.12 bits per heavy atom. The molecule has 0 aliphatic carbocycles. The topological polar surface area (TPSA) is 97.1 Å². The van der Waals surface area contributed by atoms with Crippen LogP contribution in [0.15, 0.2) is 6.33 Å². The molecule has 2 unspecified atom stereocenters. The number of amides is 1. The van der Waals surface area contributed by atoms with Gasteiger partial charge < -0.3 is 10.4 Å². The highest BCUT2D eigenvalue weighted by Gasteiger charge is 2.25. The summed E-state index contributed by atoms with van der Waals surface area (Å²) < 4.78 is 1.53. The molecule has 0 saturated carbocycles. The molecule has 0 spiro atoms. The van der Waals surface area contributed by atoms with Gasteiger partial charge in [-0.3, -0.25) is 14.3 Å². The van der Waals surface area contributed by atoms with Crippen molar-refractivity contribution in [3.05, 3.63) is 12.2 Å². The number of aromatic nitrogens is 3. The third kappa shape index (κ3) is 3.54. The predicted octanol–water partition coefficient (Wildman–Crippen LogP) is -0.212. The second-order valence-electron chi connectivity index (χ2n) is 3.97. The number of aliphatic carboxylic acids is 1. The van der Waals surface area contributed by atoms with E-state index in [1.165, 1.54) is 17.9 Å². The summed E-state index contributed by atoms with van der Waals surface area (Å²) in [5.41, 5.74) is 0. The Balaban J connectivity index is 2.47. The molecule has 1 amide bonds. The van der Waals surface area contributed by atoms with Crippen LogP contribution in [0.3, 0.4) is 0 Å². The quantitative estimate of drug-likeness (QED) is 0.742. The van der Waals surface area contributed by atoms with Gasteiger partial charge in [0, 0.05) is 13.0 Å². The van der Waals surface area contributed by atoms with Crippen LogP contribution in [0.1, 0.15) is 19.7 Å². The number of carbonyl (C=O) groups is 2. The fraction of sp³-hybridized carbons (Fsp3) is 0.600. The summed E-state index contributed by atoms with van der Waals surface area (Å²) >= 11 is 0. The summed E-state index contributed by atoms with van der Waals surface area (Å²) in [6.45, 7) is 3.29. The molecule has 0 radical (unpaired) electrons. The number of hydrogen-bond donors (Lipinski definition) is 2. The van der Waals surface area contributed by atoms with E-state index in [2.05, 4.69) is 15.4 Å². The van der Waals surface area contributed by atoms with Gasteiger partial charge in [-0.2, -0.15) is 5.10 Å². The van der Waals surface area contributed by atoms with Gasteiger partial charge in [0.05, 0.1) is 12.5 Å². The molecule has 0 fully saturated rings. The average molecular weight is 240 g/mol. The van der Waals surface area contributed by atoms with Crippen LogP contribution in [0.2, 0.25) is 0 Å². The standard InChI is InChI=1S/C10H16N4O3/c1-6(7(2)10(16)17)9(15)11-4-8-12-5-14(3)13-8/h5-7H,4H2,1-3H3,(H,11,15)(H,16,17). The van der Waals surface area contributed by atoms with E-state index in [4.69, 9.17) is 5.11 Å². The molecule has 7 nitrogen and oxygen atoms in total. The predicted molar refractivity (Wildman–Crippen MR) is 58.8 cm³/mol. The summed E-state index contributed by atoms with van der Waals surface area (Å²) in [6.07, 6.45) is 1.53. The Hall–Kier alpha value is -1.92. The molecule has 94 valence electrons. The highest BCUT2D eigenvalue weighted by Crippen LogP contribution is 2.11. The Bertz CT molecular complexity index is 415. The van der Waals surface area contributed by atoms with Crippen molar-refractivity contribution in [1.82, 2.24) is 20.1 Å². The maximum atomic E-state index is 11.6. The van der Waals surface area contributed by atoms with Crippen molar-refractivity contribution < 1.29 is 14.7 Å². The first-order valence-electron chi connectivity index (χ1n) is 5.27. The first kappa shape index (κ1) is 13.1. The molecule has 0 bridgehead atoms. The van der Waals surface area contributed by atoms with E-state index in [0.29, 0.717) is 5.82 Å². The van der Waals surface area contributed by atoms with Gasteiger partial charge in [-0.1, -0.05) is 13.8 Å².